The molecule has 0 aromatic rings. The van der Waals surface area contributed by atoms with Crippen molar-refractivity contribution in [1.29, 1.82) is 0 Å². The van der Waals surface area contributed by atoms with Gasteiger partial charge >= 0.3 is 39.9 Å². The molecule has 0 amide bonds. The minimum atomic E-state index is -0.416. The Morgan fingerprint density at radius 3 is 2.00 bits per heavy atom. The molecule has 2 nitrogen and oxygen atoms in total. The fourth-order valence-electron chi connectivity index (χ4n) is 0. The fourth-order valence-corrected chi connectivity index (χ4v) is 0. The summed E-state index contributed by atoms with van der Waals surface area (Å²) in [4.78, 5) is 18.6. The van der Waals surface area contributed by atoms with Crippen LogP contribution in [0.2, 0.25) is 0 Å². The Hall–Kier alpha value is 0.0283. The molecule has 0 heterocycles. The van der Waals surface area contributed by atoms with Crippen LogP contribution < -0.4 is 0 Å². The van der Waals surface area contributed by atoms with Crippen LogP contribution in [0.15, 0.2) is 0 Å². The van der Waals surface area contributed by atoms with Crippen LogP contribution in [-0.2, 0) is 29.4 Å². The first kappa shape index (κ1) is 5.03. The summed E-state index contributed by atoms with van der Waals surface area (Å²) < 4.78 is -0.416. The molecule has 0 saturated heterocycles. The average Bonchev–Trinajstić information content (AvgIpc) is 1.38. The maximum atomic E-state index is 9.45. The predicted octanol–water partition coefficient (Wildman–Crippen LogP) is -0.741. The first-order valence-corrected chi connectivity index (χ1v) is 1.94. The summed E-state index contributed by atoms with van der Waals surface area (Å²) in [5, 5.41) is 0. The summed E-state index contributed by atoms with van der Waals surface area (Å²) in [7, 11) is 0. The molecule has 27 valence electrons. The van der Waals surface area contributed by atoms with Crippen LogP contribution >= 0.6 is 0 Å². The molecule has 0 atom stereocenters. The van der Waals surface area contributed by atoms with Gasteiger partial charge in [-0.25, -0.2) is 0 Å². The second kappa shape index (κ2) is 2.28. The van der Waals surface area contributed by atoms with Crippen LogP contribution in [0, 0.1) is 0 Å². The van der Waals surface area contributed by atoms with E-state index in [1.54, 1.807) is 0 Å². The summed E-state index contributed by atoms with van der Waals surface area (Å²) in [5.74, 6) is 0. The van der Waals surface area contributed by atoms with Gasteiger partial charge in [0.25, 0.3) is 0 Å². The van der Waals surface area contributed by atoms with Crippen molar-refractivity contribution in [2.24, 2.45) is 0 Å². The molecule has 0 N–H and O–H groups in total. The normalized spacial score (nSPS) is 6.40. The Morgan fingerprint density at radius 2 is 2.00 bits per heavy atom. The van der Waals surface area contributed by atoms with Gasteiger partial charge in [0.2, 0.25) is 0 Å². The second-order valence-corrected chi connectivity index (χ2v) is 1.43. The van der Waals surface area contributed by atoms with E-state index in [1.165, 1.54) is 0 Å². The molecule has 0 spiro atoms. The quantitative estimate of drug-likeness (QED) is 0.282. The first-order chi connectivity index (χ1) is 2.27. The number of hydrogen-bond acceptors (Lipinski definition) is 2. The van der Waals surface area contributed by atoms with Crippen molar-refractivity contribution in [2.45, 2.75) is 0 Å². The van der Waals surface area contributed by atoms with Gasteiger partial charge in [0.1, 0.15) is 0 Å². The number of hydrogen-bond donors (Lipinski definition) is 0. The minimum absolute atomic E-state index is 0.282. The Labute approximate surface area is 40.5 Å². The number of rotatable bonds is 1. The van der Waals surface area contributed by atoms with E-state index in [0.29, 0.717) is 0 Å². The third kappa shape index (κ3) is 4.03. The van der Waals surface area contributed by atoms with E-state index in [2.05, 4.69) is 0 Å². The molecule has 0 saturated carbocycles. The van der Waals surface area contributed by atoms with Crippen LogP contribution in [0.25, 0.3) is 0 Å². The number of carbonyl (C=O) groups excluding carboxylic acids is 2. The third-order valence-electron chi connectivity index (χ3n) is 0.0962. The van der Waals surface area contributed by atoms with Gasteiger partial charge in [-0.1, -0.05) is 0 Å². The topological polar surface area (TPSA) is 34.1 Å². The van der Waals surface area contributed by atoms with Crippen molar-refractivity contribution in [3.8, 4) is 0 Å². The zero-order valence-electron chi connectivity index (χ0n) is 2.30. The molecule has 0 fully saturated rings. The summed E-state index contributed by atoms with van der Waals surface area (Å²) in [6.45, 7) is 0. The van der Waals surface area contributed by atoms with Gasteiger partial charge in [-0.05, 0) is 0 Å². The zero-order valence-corrected chi connectivity index (χ0v) is 4.31. The van der Waals surface area contributed by atoms with Gasteiger partial charge in [0.15, 0.2) is 0 Å². The molecule has 0 rings (SSSR count). The standard InChI is InChI=1S/C2HO2.Mo/c3-1-2-4;/h1H;. The first-order valence-electron chi connectivity index (χ1n) is 0.933. The van der Waals surface area contributed by atoms with E-state index in [-0.39, 0.29) is 6.29 Å². The predicted molar refractivity (Wildman–Crippen MR) is 11.1 cm³/mol. The van der Waals surface area contributed by atoms with E-state index in [9.17, 15) is 4.79 Å². The molecule has 0 radical (unpaired) electrons. The van der Waals surface area contributed by atoms with Crippen LogP contribution in [0.4, 0.5) is 0 Å². The molecular weight excluding hydrogens is 152 g/mol. The monoisotopic (exact) mass is 155 g/mol. The van der Waals surface area contributed by atoms with Crippen LogP contribution in [0.5, 0.6) is 0 Å². The van der Waals surface area contributed by atoms with E-state index in [0.717, 1.165) is 19.8 Å². The van der Waals surface area contributed by atoms with E-state index in [4.69, 9.17) is 4.79 Å². The zero-order chi connectivity index (χ0) is 4.28. The van der Waals surface area contributed by atoms with Crippen molar-refractivity contribution >= 4 is 10.5 Å². The van der Waals surface area contributed by atoms with Crippen molar-refractivity contribution < 1.29 is 29.4 Å². The Kier molecular flexibility index (Phi) is 2.29. The molecule has 0 aromatic carbocycles. The molecular formula is C2HMoO2. The number of carbonyl (C=O) groups is 2. The van der Waals surface area contributed by atoms with Gasteiger partial charge in [-0.3, -0.25) is 0 Å². The van der Waals surface area contributed by atoms with Gasteiger partial charge < -0.3 is 0 Å². The maximum absolute atomic E-state index is 9.45. The van der Waals surface area contributed by atoms with Gasteiger partial charge in [0.05, 0.1) is 0 Å². The molecule has 0 bridgehead atoms. The molecule has 0 aliphatic heterocycles. The molecule has 5 heavy (non-hydrogen) atoms. The van der Waals surface area contributed by atoms with Gasteiger partial charge in [0, 0.05) is 0 Å². The van der Waals surface area contributed by atoms with Crippen molar-refractivity contribution in [2.75, 3.05) is 0 Å². The average molecular weight is 153 g/mol. The summed E-state index contributed by atoms with van der Waals surface area (Å²) in [6.07, 6.45) is 0.282. The summed E-state index contributed by atoms with van der Waals surface area (Å²) >= 11 is 1.15. The molecule has 0 aliphatic carbocycles. The Morgan fingerprint density at radius 1 is 1.80 bits per heavy atom. The third-order valence-corrected chi connectivity index (χ3v) is 0.333. The summed E-state index contributed by atoms with van der Waals surface area (Å²) in [6, 6.07) is 0. The Bertz CT molecular complexity index is 58.7. The van der Waals surface area contributed by atoms with Crippen molar-refractivity contribution in [3.05, 3.63) is 0 Å². The van der Waals surface area contributed by atoms with Crippen molar-refractivity contribution in [1.82, 2.24) is 0 Å². The fraction of sp³-hybridized carbons (Fsp3) is 0. The SMILES string of the molecule is O=C[C](=O)[Mo]. The van der Waals surface area contributed by atoms with Crippen LogP contribution in [0.1, 0.15) is 0 Å². The van der Waals surface area contributed by atoms with Crippen LogP contribution in [-0.4, -0.2) is 10.5 Å². The second-order valence-electron chi connectivity index (χ2n) is 0.437. The van der Waals surface area contributed by atoms with Gasteiger partial charge in [-0.15, -0.1) is 0 Å². The molecule has 0 aromatic heterocycles. The number of aldehydes is 1. The molecule has 0 unspecified atom stereocenters. The molecule has 0 aliphatic rings. The van der Waals surface area contributed by atoms with Gasteiger partial charge in [-0.2, -0.15) is 0 Å². The van der Waals surface area contributed by atoms with Crippen molar-refractivity contribution in [3.63, 3.8) is 0 Å². The van der Waals surface area contributed by atoms with E-state index in [1.807, 2.05) is 0 Å². The van der Waals surface area contributed by atoms with Crippen LogP contribution in [0.3, 0.4) is 0 Å². The summed E-state index contributed by atoms with van der Waals surface area (Å²) in [5.41, 5.74) is 0. The van der Waals surface area contributed by atoms with E-state index >= 15 is 0 Å². The Balaban J connectivity index is 3.20. The van der Waals surface area contributed by atoms with E-state index < -0.39 is 4.17 Å². The molecule has 3 heteroatoms.